The molecule has 2 aromatic carbocycles. The number of carbonyl (C=O) groups excluding carboxylic acids is 1. The Morgan fingerprint density at radius 3 is 2.48 bits per heavy atom. The van der Waals surface area contributed by atoms with Gasteiger partial charge >= 0.3 is 6.18 Å². The first-order valence-electron chi connectivity index (χ1n) is 9.85. The van der Waals surface area contributed by atoms with Gasteiger partial charge in [-0.25, -0.2) is 0 Å². The molecule has 7 heteroatoms. The molecule has 1 aliphatic rings. The minimum Gasteiger partial charge on any atom is -0.457 e. The lowest BCUT2D eigenvalue weighted by molar-refractivity contribution is -0.137. The van der Waals surface area contributed by atoms with E-state index in [0.29, 0.717) is 34.4 Å². The lowest BCUT2D eigenvalue weighted by Gasteiger charge is -2.13. The molecule has 1 saturated heterocycles. The monoisotopic (exact) mass is 445 g/mol. The topological polar surface area (TPSA) is 33.5 Å². The first kappa shape index (κ1) is 22.7. The van der Waals surface area contributed by atoms with Gasteiger partial charge in [0, 0.05) is 12.1 Å². The Kier molecular flexibility index (Phi) is 7.28. The maximum Gasteiger partial charge on any atom is 0.416 e. The van der Waals surface area contributed by atoms with Crippen molar-refractivity contribution in [3.8, 4) is 11.3 Å². The van der Waals surface area contributed by atoms with E-state index >= 15 is 0 Å². The molecular weight excluding hydrogens is 423 g/mol. The second-order valence-electron chi connectivity index (χ2n) is 6.55. The van der Waals surface area contributed by atoms with Crippen LogP contribution in [-0.2, 0) is 17.5 Å². The van der Waals surface area contributed by atoms with Crippen molar-refractivity contribution in [2.24, 2.45) is 0 Å². The molecule has 1 aliphatic heterocycles. The lowest BCUT2D eigenvalue weighted by Crippen LogP contribution is -2.24. The number of alkyl halides is 3. The van der Waals surface area contributed by atoms with Crippen LogP contribution in [0.5, 0.6) is 0 Å². The van der Waals surface area contributed by atoms with Gasteiger partial charge in [0.1, 0.15) is 11.5 Å². The summed E-state index contributed by atoms with van der Waals surface area (Å²) in [6, 6.07) is 17.9. The summed E-state index contributed by atoms with van der Waals surface area (Å²) in [5.74, 6) is 1.20. The van der Waals surface area contributed by atoms with E-state index in [-0.39, 0.29) is 5.91 Å². The zero-order chi connectivity index (χ0) is 22.4. The molecule has 0 N–H and O–H groups in total. The molecule has 0 unspecified atom stereocenters. The quantitative estimate of drug-likeness (QED) is 0.403. The van der Waals surface area contributed by atoms with E-state index in [0.717, 1.165) is 17.7 Å². The molecule has 3 aromatic rings. The largest absolute Gasteiger partial charge is 0.457 e. The predicted octanol–water partition coefficient (Wildman–Crippen LogP) is 7.07. The lowest BCUT2D eigenvalue weighted by atomic mass is 10.1. The molecule has 2 heterocycles. The second-order valence-corrected chi connectivity index (χ2v) is 7.54. The summed E-state index contributed by atoms with van der Waals surface area (Å²) in [4.78, 5) is 14.9. The fourth-order valence-electron chi connectivity index (χ4n) is 3.01. The van der Waals surface area contributed by atoms with Gasteiger partial charge in [-0.1, -0.05) is 68.1 Å². The highest BCUT2D eigenvalue weighted by Gasteiger charge is 2.31. The molecule has 1 amide bonds. The number of carbonyl (C=O) groups is 1. The number of benzene rings is 2. The number of amides is 1. The Morgan fingerprint density at radius 1 is 1.03 bits per heavy atom. The van der Waals surface area contributed by atoms with Crippen molar-refractivity contribution < 1.29 is 22.4 Å². The van der Waals surface area contributed by atoms with Crippen LogP contribution < -0.4 is 0 Å². The predicted molar refractivity (Wildman–Crippen MR) is 118 cm³/mol. The minimum absolute atomic E-state index is 0.0872. The third kappa shape index (κ3) is 5.61. The molecule has 162 valence electrons. The van der Waals surface area contributed by atoms with Crippen molar-refractivity contribution in [1.82, 2.24) is 4.90 Å². The summed E-state index contributed by atoms with van der Waals surface area (Å²) in [5.41, 5.74) is 0.650. The van der Waals surface area contributed by atoms with Crippen LogP contribution in [0, 0.1) is 0 Å². The van der Waals surface area contributed by atoms with Crippen molar-refractivity contribution in [3.63, 3.8) is 0 Å². The van der Waals surface area contributed by atoms with Crippen LogP contribution in [0.15, 0.2) is 76.1 Å². The first-order valence-corrected chi connectivity index (χ1v) is 10.8. The van der Waals surface area contributed by atoms with Gasteiger partial charge in [0.15, 0.2) is 0 Å². The van der Waals surface area contributed by atoms with Gasteiger partial charge in [-0.3, -0.25) is 4.79 Å². The zero-order valence-electron chi connectivity index (χ0n) is 17.1. The van der Waals surface area contributed by atoms with Crippen molar-refractivity contribution in [3.05, 3.63) is 88.5 Å². The molecule has 0 saturated carbocycles. The molecule has 1 aromatic heterocycles. The van der Waals surface area contributed by atoms with Crippen LogP contribution in [0.25, 0.3) is 17.4 Å². The number of hydrogen-bond acceptors (Lipinski definition) is 3. The molecule has 0 spiro atoms. The van der Waals surface area contributed by atoms with Gasteiger partial charge in [0.2, 0.25) is 0 Å². The summed E-state index contributed by atoms with van der Waals surface area (Å²) in [6.07, 6.45) is -2.78. The minimum atomic E-state index is -4.41. The number of furan rings is 1. The highest BCUT2D eigenvalue weighted by Crippen LogP contribution is 2.34. The van der Waals surface area contributed by atoms with Crippen LogP contribution in [0.2, 0.25) is 0 Å². The summed E-state index contributed by atoms with van der Waals surface area (Å²) in [5, 5.41) is 0. The third-order valence-corrected chi connectivity index (χ3v) is 5.51. The molecule has 31 heavy (non-hydrogen) atoms. The third-order valence-electron chi connectivity index (χ3n) is 4.46. The van der Waals surface area contributed by atoms with Gasteiger partial charge in [0.05, 0.1) is 16.3 Å². The normalized spacial score (nSPS) is 15.2. The Morgan fingerprint density at radius 2 is 1.77 bits per heavy atom. The molecule has 0 radical (unpaired) electrons. The Hall–Kier alpha value is -2.93. The van der Waals surface area contributed by atoms with Crippen LogP contribution in [-0.4, -0.2) is 16.7 Å². The molecule has 3 nitrogen and oxygen atoms in total. The summed E-state index contributed by atoms with van der Waals surface area (Å²) in [6.45, 7) is 4.53. The average Bonchev–Trinajstić information content (AvgIpc) is 3.38. The molecule has 4 rings (SSSR count). The Balaban J connectivity index is 0.00000132. The maximum atomic E-state index is 12.9. The highest BCUT2D eigenvalue weighted by atomic mass is 32.2. The fraction of sp³-hybridized carbons (Fsp3) is 0.208. The smallest absolute Gasteiger partial charge is 0.416 e. The summed E-state index contributed by atoms with van der Waals surface area (Å²) in [7, 11) is 0. The highest BCUT2D eigenvalue weighted by molar-refractivity contribution is 8.04. The number of halogens is 3. The number of nitrogens with zero attached hydrogens (tertiary/aromatic N) is 1. The summed E-state index contributed by atoms with van der Waals surface area (Å²) < 4.78 is 44.4. The van der Waals surface area contributed by atoms with E-state index in [1.807, 2.05) is 44.2 Å². The van der Waals surface area contributed by atoms with Gasteiger partial charge in [-0.15, -0.1) is 0 Å². The maximum absolute atomic E-state index is 12.9. The molecule has 0 bridgehead atoms. The van der Waals surface area contributed by atoms with E-state index in [2.05, 4.69) is 0 Å². The molecule has 1 fully saturated rings. The van der Waals surface area contributed by atoms with Gasteiger partial charge < -0.3 is 9.32 Å². The van der Waals surface area contributed by atoms with Crippen molar-refractivity contribution in [2.45, 2.75) is 26.6 Å². The Labute approximate surface area is 183 Å². The van der Waals surface area contributed by atoms with Crippen LogP contribution in [0.4, 0.5) is 13.2 Å². The SMILES string of the molecule is CC.O=C1/C(=C/c2ccc(-c3cccc(C(F)(F)F)c3)o2)SCN1Cc1ccccc1. The van der Waals surface area contributed by atoms with Gasteiger partial charge in [0.25, 0.3) is 5.91 Å². The van der Waals surface area contributed by atoms with Crippen molar-refractivity contribution in [1.29, 1.82) is 0 Å². The van der Waals surface area contributed by atoms with Crippen LogP contribution in [0.3, 0.4) is 0 Å². The van der Waals surface area contributed by atoms with Crippen molar-refractivity contribution in [2.75, 3.05) is 5.88 Å². The number of rotatable bonds is 4. The van der Waals surface area contributed by atoms with E-state index < -0.39 is 11.7 Å². The number of hydrogen-bond donors (Lipinski definition) is 0. The first-order chi connectivity index (χ1) is 14.9. The molecule has 0 atom stereocenters. The zero-order valence-corrected chi connectivity index (χ0v) is 18.0. The van der Waals surface area contributed by atoms with Crippen LogP contribution in [0.1, 0.15) is 30.7 Å². The molecular formula is C24H22F3NO2S. The van der Waals surface area contributed by atoms with E-state index in [4.69, 9.17) is 4.42 Å². The Bertz CT molecular complexity index is 1060. The van der Waals surface area contributed by atoms with E-state index in [9.17, 15) is 18.0 Å². The van der Waals surface area contributed by atoms with E-state index in [1.165, 1.54) is 17.8 Å². The van der Waals surface area contributed by atoms with Gasteiger partial charge in [-0.05, 0) is 35.9 Å². The fourth-order valence-corrected chi connectivity index (χ4v) is 3.97. The standard InChI is InChI=1S/C22H16F3NO2S.C2H6/c23-22(24,25)17-8-4-7-16(11-17)19-10-9-18(28-19)12-20-21(27)26(14-29-20)13-15-5-2-1-3-6-15;1-2/h1-12H,13-14H2;1-2H3/b20-12-;. The van der Waals surface area contributed by atoms with Crippen LogP contribution >= 0.6 is 11.8 Å². The average molecular weight is 446 g/mol. The van der Waals surface area contributed by atoms with Crippen molar-refractivity contribution >= 4 is 23.7 Å². The summed E-state index contributed by atoms with van der Waals surface area (Å²) >= 11 is 1.41. The van der Waals surface area contributed by atoms with E-state index in [1.54, 1.807) is 29.2 Å². The molecule has 0 aliphatic carbocycles. The number of thioether (sulfide) groups is 1. The second kappa shape index (κ2) is 9.92. The van der Waals surface area contributed by atoms with Gasteiger partial charge in [-0.2, -0.15) is 13.2 Å².